The van der Waals surface area contributed by atoms with E-state index in [9.17, 15) is 21.9 Å². The Kier molecular flexibility index (Phi) is 9.81. The van der Waals surface area contributed by atoms with Gasteiger partial charge in [0, 0.05) is 38.1 Å². The predicted octanol–water partition coefficient (Wildman–Crippen LogP) is 1.86. The first-order valence-corrected chi connectivity index (χ1v) is 17.3. The van der Waals surface area contributed by atoms with E-state index in [2.05, 4.69) is 10.3 Å². The molecule has 0 radical (unpaired) electrons. The molecule has 2 unspecified atom stereocenters. The van der Waals surface area contributed by atoms with Gasteiger partial charge < -0.3 is 25.0 Å². The van der Waals surface area contributed by atoms with Crippen molar-refractivity contribution in [2.24, 2.45) is 0 Å². The van der Waals surface area contributed by atoms with Gasteiger partial charge in [0.25, 0.3) is 0 Å². The molecule has 2 aliphatic heterocycles. The van der Waals surface area contributed by atoms with E-state index in [0.29, 0.717) is 44.7 Å². The number of ether oxygens (including phenoxy) is 2. The maximum atomic E-state index is 13.5. The van der Waals surface area contributed by atoms with E-state index in [1.165, 1.54) is 16.4 Å². The first-order chi connectivity index (χ1) is 20.6. The third-order valence-electron chi connectivity index (χ3n) is 7.94. The van der Waals surface area contributed by atoms with Crippen molar-refractivity contribution >= 4 is 19.9 Å². The highest BCUT2D eigenvalue weighted by Crippen LogP contribution is 2.37. The molecule has 3 aromatic rings. The van der Waals surface area contributed by atoms with Gasteiger partial charge in [-0.15, -0.1) is 0 Å². The summed E-state index contributed by atoms with van der Waals surface area (Å²) in [6, 6.07) is 16.6. The topological polar surface area (TPSA) is 155 Å². The number of benzene rings is 2. The maximum Gasteiger partial charge on any atom is 0.243 e. The van der Waals surface area contributed by atoms with Crippen LogP contribution in [0.15, 0.2) is 82.8 Å². The van der Waals surface area contributed by atoms with Crippen molar-refractivity contribution in [3.05, 3.63) is 73.1 Å². The lowest BCUT2D eigenvalue weighted by Gasteiger charge is -2.38. The molecule has 43 heavy (non-hydrogen) atoms. The molecule has 2 saturated heterocycles. The highest BCUT2D eigenvalue weighted by atomic mass is 32.2. The second-order valence-corrected chi connectivity index (χ2v) is 15.0. The van der Waals surface area contributed by atoms with Crippen LogP contribution < -0.4 is 10.1 Å². The lowest BCUT2D eigenvalue weighted by atomic mass is 9.88. The smallest absolute Gasteiger partial charge is 0.243 e. The van der Waals surface area contributed by atoms with E-state index in [-0.39, 0.29) is 34.7 Å². The molecule has 1 aromatic heterocycles. The van der Waals surface area contributed by atoms with Crippen molar-refractivity contribution in [2.45, 2.75) is 46.8 Å². The summed E-state index contributed by atoms with van der Waals surface area (Å²) in [6.45, 7) is 0.921. The SMILES string of the molecule is O=S(=O)(CCO)c1cccc(OCC(O)CNC2COC3(CCN(S(=O)(=O)c4cccc(-c5ccncc5)c4)CC3)C2)c1. The van der Waals surface area contributed by atoms with Gasteiger partial charge in [0.1, 0.15) is 18.5 Å². The summed E-state index contributed by atoms with van der Waals surface area (Å²) in [5, 5.41) is 22.8. The number of piperidine rings is 1. The predicted molar refractivity (Wildman–Crippen MR) is 160 cm³/mol. The van der Waals surface area contributed by atoms with Crippen LogP contribution in [-0.4, -0.2) is 99.3 Å². The van der Waals surface area contributed by atoms with E-state index in [1.54, 1.807) is 42.7 Å². The molecule has 3 N–H and O–H groups in total. The number of aliphatic hydroxyl groups excluding tert-OH is 2. The van der Waals surface area contributed by atoms with Gasteiger partial charge in [-0.3, -0.25) is 4.98 Å². The summed E-state index contributed by atoms with van der Waals surface area (Å²) in [5.74, 6) is -0.0603. The Balaban J connectivity index is 1.09. The molecular weight excluding hydrogens is 594 g/mol. The lowest BCUT2D eigenvalue weighted by molar-refractivity contribution is -0.0312. The largest absolute Gasteiger partial charge is 0.491 e. The average Bonchev–Trinajstić information content (AvgIpc) is 3.41. The van der Waals surface area contributed by atoms with Gasteiger partial charge >= 0.3 is 0 Å². The fraction of sp³-hybridized carbons (Fsp3) is 0.433. The van der Waals surface area contributed by atoms with Crippen molar-refractivity contribution in [2.75, 3.05) is 45.2 Å². The number of hydrogen-bond donors (Lipinski definition) is 3. The van der Waals surface area contributed by atoms with Crippen LogP contribution in [0.25, 0.3) is 11.1 Å². The number of sulfone groups is 1. The van der Waals surface area contributed by atoms with Crippen LogP contribution in [0.5, 0.6) is 5.75 Å². The Morgan fingerprint density at radius 2 is 1.72 bits per heavy atom. The van der Waals surface area contributed by atoms with Crippen LogP contribution in [0.2, 0.25) is 0 Å². The van der Waals surface area contributed by atoms with Crippen LogP contribution in [-0.2, 0) is 24.6 Å². The molecule has 0 bridgehead atoms. The number of nitrogens with one attached hydrogen (secondary N) is 1. The average molecular weight is 632 g/mol. The number of aliphatic hydroxyl groups is 2. The monoisotopic (exact) mass is 631 g/mol. The van der Waals surface area contributed by atoms with E-state index >= 15 is 0 Å². The fourth-order valence-electron chi connectivity index (χ4n) is 5.54. The van der Waals surface area contributed by atoms with Gasteiger partial charge in [0.15, 0.2) is 9.84 Å². The minimum absolute atomic E-state index is 0.00167. The Morgan fingerprint density at radius 1 is 1.00 bits per heavy atom. The Hall–Kier alpha value is -2.91. The van der Waals surface area contributed by atoms with Crippen molar-refractivity contribution in [3.63, 3.8) is 0 Å². The quantitative estimate of drug-likeness (QED) is 0.270. The highest BCUT2D eigenvalue weighted by molar-refractivity contribution is 7.91. The summed E-state index contributed by atoms with van der Waals surface area (Å²) in [6.07, 6.45) is 4.37. The second-order valence-electron chi connectivity index (χ2n) is 11.0. The van der Waals surface area contributed by atoms with Gasteiger partial charge in [-0.2, -0.15) is 4.31 Å². The molecule has 2 atom stereocenters. The van der Waals surface area contributed by atoms with Gasteiger partial charge in [0.2, 0.25) is 10.0 Å². The molecule has 13 heteroatoms. The molecule has 2 aliphatic rings. The zero-order valence-corrected chi connectivity index (χ0v) is 25.3. The second kappa shape index (κ2) is 13.4. The van der Waals surface area contributed by atoms with E-state index < -0.39 is 38.2 Å². The van der Waals surface area contributed by atoms with Gasteiger partial charge in [-0.1, -0.05) is 18.2 Å². The number of rotatable bonds is 12. The lowest BCUT2D eigenvalue weighted by Crippen LogP contribution is -2.47. The Morgan fingerprint density at radius 3 is 2.47 bits per heavy atom. The van der Waals surface area contributed by atoms with Gasteiger partial charge in [0.05, 0.1) is 34.4 Å². The number of pyridine rings is 1. The summed E-state index contributed by atoms with van der Waals surface area (Å²) in [7, 11) is -7.26. The number of nitrogens with zero attached hydrogens (tertiary/aromatic N) is 2. The van der Waals surface area contributed by atoms with Crippen LogP contribution in [0.1, 0.15) is 19.3 Å². The number of aromatic nitrogens is 1. The Labute approximate surface area is 252 Å². The molecule has 2 aromatic carbocycles. The normalized spacial score (nSPS) is 19.8. The van der Waals surface area contributed by atoms with E-state index in [1.807, 2.05) is 18.2 Å². The van der Waals surface area contributed by atoms with Crippen molar-refractivity contribution in [1.82, 2.24) is 14.6 Å². The van der Waals surface area contributed by atoms with Crippen LogP contribution in [0, 0.1) is 0 Å². The highest BCUT2D eigenvalue weighted by Gasteiger charge is 2.44. The Bertz CT molecular complexity index is 1590. The molecule has 0 amide bonds. The standard InChI is InChI=1S/C30H37N3O8S2/c34-15-16-42(36,37)28-5-2-4-27(18-28)40-22-26(35)20-32-25-19-30(41-21-25)9-13-33(14-10-30)43(38,39)29-6-1-3-24(17-29)23-7-11-31-12-8-23/h1-8,11-12,17-18,25-26,32,34-35H,9-10,13-16,19-22H2. The van der Waals surface area contributed by atoms with Crippen LogP contribution >= 0.6 is 0 Å². The summed E-state index contributed by atoms with van der Waals surface area (Å²) < 4.78 is 64.6. The van der Waals surface area contributed by atoms with Crippen molar-refractivity contribution < 1.29 is 36.5 Å². The number of sulfonamides is 1. The number of hydrogen-bond acceptors (Lipinski definition) is 10. The zero-order valence-electron chi connectivity index (χ0n) is 23.7. The minimum Gasteiger partial charge on any atom is -0.491 e. The molecule has 11 nitrogen and oxygen atoms in total. The van der Waals surface area contributed by atoms with Crippen LogP contribution in [0.3, 0.4) is 0 Å². The molecule has 1 spiro atoms. The molecule has 232 valence electrons. The first-order valence-electron chi connectivity index (χ1n) is 14.2. The van der Waals surface area contributed by atoms with Crippen molar-refractivity contribution in [1.29, 1.82) is 0 Å². The van der Waals surface area contributed by atoms with Crippen molar-refractivity contribution in [3.8, 4) is 16.9 Å². The van der Waals surface area contributed by atoms with Gasteiger partial charge in [-0.05, 0) is 72.9 Å². The third kappa shape index (κ3) is 7.60. The molecular formula is C30H37N3O8S2. The van der Waals surface area contributed by atoms with E-state index in [4.69, 9.17) is 14.6 Å². The summed E-state index contributed by atoms with van der Waals surface area (Å²) in [5.41, 5.74) is 1.31. The van der Waals surface area contributed by atoms with E-state index in [0.717, 1.165) is 11.1 Å². The summed E-state index contributed by atoms with van der Waals surface area (Å²) >= 11 is 0. The van der Waals surface area contributed by atoms with Crippen LogP contribution in [0.4, 0.5) is 0 Å². The molecule has 3 heterocycles. The minimum atomic E-state index is -3.66. The molecule has 0 aliphatic carbocycles. The summed E-state index contributed by atoms with van der Waals surface area (Å²) in [4.78, 5) is 4.34. The fourth-order valence-corrected chi connectivity index (χ4v) is 8.08. The molecule has 5 rings (SSSR count). The molecule has 0 saturated carbocycles. The zero-order chi connectivity index (χ0) is 30.5. The van der Waals surface area contributed by atoms with Gasteiger partial charge in [-0.25, -0.2) is 16.8 Å². The maximum absolute atomic E-state index is 13.5. The molecule has 2 fully saturated rings. The third-order valence-corrected chi connectivity index (χ3v) is 11.5. The first kappa shape index (κ1) is 31.5.